The van der Waals surface area contributed by atoms with Crippen molar-refractivity contribution < 1.29 is 4.79 Å². The van der Waals surface area contributed by atoms with E-state index in [-0.39, 0.29) is 18.0 Å². The van der Waals surface area contributed by atoms with E-state index in [1.165, 1.54) is 6.20 Å². The summed E-state index contributed by atoms with van der Waals surface area (Å²) in [6, 6.07) is 3.63. The van der Waals surface area contributed by atoms with Crippen molar-refractivity contribution in [3.8, 4) is 6.07 Å². The molecule has 5 heteroatoms. The molecule has 1 heterocycles. The number of carbonyl (C=O) groups excluding carboxylic acids is 1. The quantitative estimate of drug-likeness (QED) is 0.823. The van der Waals surface area contributed by atoms with Gasteiger partial charge in [0.05, 0.1) is 24.0 Å². The molecule has 1 aromatic rings. The Balaban J connectivity index is 2.57. The van der Waals surface area contributed by atoms with Crippen LogP contribution in [-0.2, 0) is 4.79 Å². The summed E-state index contributed by atoms with van der Waals surface area (Å²) in [4.78, 5) is 15.5. The zero-order valence-electron chi connectivity index (χ0n) is 10.2. The Morgan fingerprint density at radius 1 is 1.53 bits per heavy atom. The van der Waals surface area contributed by atoms with Crippen LogP contribution >= 0.6 is 0 Å². The van der Waals surface area contributed by atoms with E-state index in [1.54, 1.807) is 12.3 Å². The highest BCUT2D eigenvalue weighted by atomic mass is 16.2. The molecular formula is C12H16N4O. The van der Waals surface area contributed by atoms with Gasteiger partial charge in [-0.25, -0.2) is 0 Å². The smallest absolute Gasteiger partial charge is 0.239 e. The van der Waals surface area contributed by atoms with E-state index in [0.717, 1.165) is 0 Å². The highest BCUT2D eigenvalue weighted by molar-refractivity contribution is 5.81. The van der Waals surface area contributed by atoms with Crippen LogP contribution in [0.25, 0.3) is 0 Å². The minimum absolute atomic E-state index is 0.120. The number of aromatic nitrogens is 1. The van der Waals surface area contributed by atoms with E-state index in [9.17, 15) is 4.79 Å². The average Bonchev–Trinajstić information content (AvgIpc) is 2.24. The predicted octanol–water partition coefficient (Wildman–Crippen LogP) is 1.28. The van der Waals surface area contributed by atoms with Crippen LogP contribution in [0.2, 0.25) is 0 Å². The van der Waals surface area contributed by atoms with Gasteiger partial charge in [0.2, 0.25) is 5.91 Å². The van der Waals surface area contributed by atoms with Crippen molar-refractivity contribution >= 4 is 11.6 Å². The summed E-state index contributed by atoms with van der Waals surface area (Å²) in [5.41, 5.74) is 0.786. The lowest BCUT2D eigenvalue weighted by atomic mass is 10.1. The van der Waals surface area contributed by atoms with Crippen LogP contribution in [0.15, 0.2) is 18.5 Å². The Kier molecular flexibility index (Phi) is 4.05. The molecule has 1 rings (SSSR count). The predicted molar refractivity (Wildman–Crippen MR) is 65.3 cm³/mol. The molecule has 0 bridgehead atoms. The molecule has 1 aromatic heterocycles. The van der Waals surface area contributed by atoms with Gasteiger partial charge in [0.1, 0.15) is 6.07 Å². The minimum Gasteiger partial charge on any atom is -0.374 e. The molecule has 0 unspecified atom stereocenters. The van der Waals surface area contributed by atoms with Crippen molar-refractivity contribution in [1.82, 2.24) is 10.3 Å². The molecule has 1 amide bonds. The number of amides is 1. The Labute approximate surface area is 101 Å². The fraction of sp³-hybridized carbons (Fsp3) is 0.417. The number of hydrogen-bond donors (Lipinski definition) is 2. The van der Waals surface area contributed by atoms with Gasteiger partial charge in [-0.15, -0.1) is 0 Å². The second-order valence-electron chi connectivity index (χ2n) is 4.68. The summed E-state index contributed by atoms with van der Waals surface area (Å²) in [7, 11) is 0. The molecule has 0 fully saturated rings. The van der Waals surface area contributed by atoms with Crippen molar-refractivity contribution in [3.63, 3.8) is 0 Å². The third-order valence-corrected chi connectivity index (χ3v) is 1.90. The molecule has 0 aliphatic heterocycles. The molecule has 0 atom stereocenters. The number of nitrogens with zero attached hydrogens (tertiary/aromatic N) is 2. The minimum atomic E-state index is -0.258. The fourth-order valence-corrected chi connectivity index (χ4v) is 1.27. The molecule has 2 N–H and O–H groups in total. The molecule has 0 aliphatic carbocycles. The maximum absolute atomic E-state index is 11.6. The van der Waals surface area contributed by atoms with Gasteiger partial charge in [0, 0.05) is 11.7 Å². The zero-order chi connectivity index (χ0) is 12.9. The first-order chi connectivity index (χ1) is 7.92. The molecule has 0 aromatic carbocycles. The number of nitrogens with one attached hydrogen (secondary N) is 2. The van der Waals surface area contributed by atoms with E-state index in [1.807, 2.05) is 26.8 Å². The van der Waals surface area contributed by atoms with Gasteiger partial charge in [0.15, 0.2) is 0 Å². The summed E-state index contributed by atoms with van der Waals surface area (Å²) >= 11 is 0. The lowest BCUT2D eigenvalue weighted by Crippen LogP contribution is -2.43. The molecule has 90 valence electrons. The largest absolute Gasteiger partial charge is 0.374 e. The van der Waals surface area contributed by atoms with Crippen molar-refractivity contribution in [1.29, 1.82) is 5.26 Å². The molecule has 0 radical (unpaired) electrons. The first-order valence-corrected chi connectivity index (χ1v) is 5.31. The summed E-state index contributed by atoms with van der Waals surface area (Å²) < 4.78 is 0. The molecule has 5 nitrogen and oxygen atoms in total. The lowest BCUT2D eigenvalue weighted by molar-refractivity contribution is -0.120. The summed E-state index contributed by atoms with van der Waals surface area (Å²) in [6.07, 6.45) is 3.07. The molecule has 0 saturated carbocycles. The fourth-order valence-electron chi connectivity index (χ4n) is 1.27. The third-order valence-electron chi connectivity index (χ3n) is 1.90. The van der Waals surface area contributed by atoms with Crippen molar-refractivity contribution in [3.05, 3.63) is 24.0 Å². The zero-order valence-corrected chi connectivity index (χ0v) is 10.2. The highest BCUT2D eigenvalue weighted by Gasteiger charge is 2.13. The number of carbonyl (C=O) groups is 1. The van der Waals surface area contributed by atoms with Gasteiger partial charge in [-0.1, -0.05) is 0 Å². The molecule has 17 heavy (non-hydrogen) atoms. The van der Waals surface area contributed by atoms with Crippen molar-refractivity contribution in [2.45, 2.75) is 26.3 Å². The van der Waals surface area contributed by atoms with Crippen LogP contribution in [0, 0.1) is 11.3 Å². The van der Waals surface area contributed by atoms with E-state index in [0.29, 0.717) is 11.3 Å². The van der Waals surface area contributed by atoms with Crippen LogP contribution in [0.5, 0.6) is 0 Å². The number of pyridine rings is 1. The third kappa shape index (κ3) is 4.51. The van der Waals surface area contributed by atoms with Crippen LogP contribution < -0.4 is 10.6 Å². The first-order valence-electron chi connectivity index (χ1n) is 5.31. The van der Waals surface area contributed by atoms with Crippen molar-refractivity contribution in [2.24, 2.45) is 0 Å². The number of anilines is 1. The average molecular weight is 232 g/mol. The second-order valence-corrected chi connectivity index (χ2v) is 4.68. The van der Waals surface area contributed by atoms with E-state index in [4.69, 9.17) is 5.26 Å². The van der Waals surface area contributed by atoms with Gasteiger partial charge in [-0.2, -0.15) is 5.26 Å². The topological polar surface area (TPSA) is 77.8 Å². The second kappa shape index (κ2) is 5.30. The van der Waals surface area contributed by atoms with Gasteiger partial charge in [-0.05, 0) is 26.8 Å². The lowest BCUT2D eigenvalue weighted by Gasteiger charge is -2.20. The Bertz CT molecular complexity index is 443. The SMILES string of the molecule is CC(C)(C)NC(=O)CNc1cnccc1C#N. The van der Waals surface area contributed by atoms with Gasteiger partial charge in [0.25, 0.3) is 0 Å². The Hall–Kier alpha value is -2.09. The van der Waals surface area contributed by atoms with E-state index >= 15 is 0 Å². The molecule has 0 aliphatic rings. The summed E-state index contributed by atoms with van der Waals surface area (Å²) in [5, 5.41) is 14.6. The summed E-state index contributed by atoms with van der Waals surface area (Å²) in [6.45, 7) is 5.86. The Morgan fingerprint density at radius 3 is 2.82 bits per heavy atom. The standard InChI is InChI=1S/C12H16N4O/c1-12(2,3)16-11(17)8-15-10-7-14-5-4-9(10)6-13/h4-5,7,15H,8H2,1-3H3,(H,16,17). The summed E-state index contributed by atoms with van der Waals surface area (Å²) in [5.74, 6) is -0.120. The highest BCUT2D eigenvalue weighted by Crippen LogP contribution is 2.11. The van der Waals surface area contributed by atoms with Crippen LogP contribution in [0.4, 0.5) is 5.69 Å². The maximum Gasteiger partial charge on any atom is 0.239 e. The van der Waals surface area contributed by atoms with Gasteiger partial charge in [-0.3, -0.25) is 9.78 Å². The van der Waals surface area contributed by atoms with Crippen LogP contribution in [-0.4, -0.2) is 23.0 Å². The number of hydrogen-bond acceptors (Lipinski definition) is 4. The Morgan fingerprint density at radius 2 is 2.24 bits per heavy atom. The van der Waals surface area contributed by atoms with E-state index < -0.39 is 0 Å². The number of nitriles is 1. The normalized spacial score (nSPS) is 10.5. The van der Waals surface area contributed by atoms with Crippen molar-refractivity contribution in [2.75, 3.05) is 11.9 Å². The molecular weight excluding hydrogens is 216 g/mol. The number of rotatable bonds is 3. The monoisotopic (exact) mass is 232 g/mol. The van der Waals surface area contributed by atoms with Crippen LogP contribution in [0.3, 0.4) is 0 Å². The first kappa shape index (κ1) is 13.0. The van der Waals surface area contributed by atoms with Gasteiger partial charge >= 0.3 is 0 Å². The van der Waals surface area contributed by atoms with Crippen LogP contribution in [0.1, 0.15) is 26.3 Å². The molecule has 0 saturated heterocycles. The van der Waals surface area contributed by atoms with E-state index in [2.05, 4.69) is 15.6 Å². The van der Waals surface area contributed by atoms with Gasteiger partial charge < -0.3 is 10.6 Å². The maximum atomic E-state index is 11.6. The molecule has 0 spiro atoms.